The highest BCUT2D eigenvalue weighted by molar-refractivity contribution is 7.13. The van der Waals surface area contributed by atoms with Gasteiger partial charge in [0, 0.05) is 30.3 Å². The van der Waals surface area contributed by atoms with Gasteiger partial charge in [0.25, 0.3) is 0 Å². The summed E-state index contributed by atoms with van der Waals surface area (Å²) in [6, 6.07) is 9.55. The molecule has 124 valence electrons. The number of aromatic nitrogens is 3. The summed E-state index contributed by atoms with van der Waals surface area (Å²) in [7, 11) is 1.80. The van der Waals surface area contributed by atoms with Crippen LogP contribution < -0.4 is 10.1 Å². The Labute approximate surface area is 144 Å². The van der Waals surface area contributed by atoms with Crippen molar-refractivity contribution in [2.24, 2.45) is 7.05 Å². The highest BCUT2D eigenvalue weighted by Gasteiger charge is 2.10. The van der Waals surface area contributed by atoms with Crippen molar-refractivity contribution in [1.29, 1.82) is 0 Å². The van der Waals surface area contributed by atoms with Gasteiger partial charge in [0.05, 0.1) is 18.7 Å². The number of carbonyl (C=O) groups is 1. The molecule has 0 unspecified atom stereocenters. The number of anilines is 1. The minimum absolute atomic E-state index is 0.128. The van der Waals surface area contributed by atoms with Gasteiger partial charge in [0.1, 0.15) is 10.8 Å². The Morgan fingerprint density at radius 1 is 1.29 bits per heavy atom. The molecule has 0 bridgehead atoms. The Bertz CT molecular complexity index is 823. The van der Waals surface area contributed by atoms with Crippen molar-refractivity contribution in [2.45, 2.75) is 13.3 Å². The van der Waals surface area contributed by atoms with Crippen LogP contribution in [0.1, 0.15) is 12.6 Å². The number of hydrogen-bond acceptors (Lipinski definition) is 5. The van der Waals surface area contributed by atoms with Gasteiger partial charge in [-0.05, 0) is 31.2 Å². The number of carbonyl (C=O) groups excluding carboxylic acids is 1. The number of benzene rings is 1. The lowest BCUT2D eigenvalue weighted by atomic mass is 10.2. The normalized spacial score (nSPS) is 10.6. The van der Waals surface area contributed by atoms with Gasteiger partial charge in [-0.25, -0.2) is 4.98 Å². The molecule has 0 aliphatic heterocycles. The molecule has 0 saturated carbocycles. The molecule has 24 heavy (non-hydrogen) atoms. The number of nitrogens with one attached hydrogen (secondary N) is 1. The van der Waals surface area contributed by atoms with Crippen molar-refractivity contribution in [1.82, 2.24) is 14.8 Å². The second-order valence-corrected chi connectivity index (χ2v) is 6.06. The molecule has 1 amide bonds. The van der Waals surface area contributed by atoms with Crippen molar-refractivity contribution in [3.8, 4) is 16.3 Å². The van der Waals surface area contributed by atoms with E-state index in [4.69, 9.17) is 4.74 Å². The van der Waals surface area contributed by atoms with Crippen molar-refractivity contribution in [3.05, 3.63) is 47.6 Å². The van der Waals surface area contributed by atoms with E-state index in [-0.39, 0.29) is 12.3 Å². The molecule has 2 heterocycles. The minimum atomic E-state index is -0.128. The zero-order chi connectivity index (χ0) is 16.9. The van der Waals surface area contributed by atoms with Crippen LogP contribution in [-0.2, 0) is 18.3 Å². The zero-order valence-electron chi connectivity index (χ0n) is 13.5. The lowest BCUT2D eigenvalue weighted by Crippen LogP contribution is -2.15. The second-order valence-electron chi connectivity index (χ2n) is 5.20. The quantitative estimate of drug-likeness (QED) is 0.747. The molecule has 0 aliphatic rings. The summed E-state index contributed by atoms with van der Waals surface area (Å²) < 4.78 is 7.08. The van der Waals surface area contributed by atoms with Crippen LogP contribution in [0.5, 0.6) is 5.75 Å². The number of hydrogen-bond donors (Lipinski definition) is 1. The SMILES string of the molecule is CCOc1ccc(-c2nc(CC(=O)Nc3ccn(C)n3)cs2)cc1. The highest BCUT2D eigenvalue weighted by atomic mass is 32.1. The standard InChI is InChI=1S/C17H18N4O2S/c1-3-23-14-6-4-12(5-7-14)17-18-13(11-24-17)10-16(22)19-15-8-9-21(2)20-15/h4-9,11H,3,10H2,1-2H3,(H,19,20,22). The molecule has 7 heteroatoms. The predicted octanol–water partition coefficient (Wildman–Crippen LogP) is 3.12. The number of nitrogens with zero attached hydrogens (tertiary/aromatic N) is 3. The summed E-state index contributed by atoms with van der Waals surface area (Å²) in [6.07, 6.45) is 2.01. The molecule has 0 aliphatic carbocycles. The Morgan fingerprint density at radius 3 is 2.75 bits per heavy atom. The number of aryl methyl sites for hydroxylation is 1. The molecule has 6 nitrogen and oxygen atoms in total. The molecule has 0 spiro atoms. The molecule has 0 fully saturated rings. The molecule has 2 aromatic heterocycles. The zero-order valence-corrected chi connectivity index (χ0v) is 14.3. The fourth-order valence-corrected chi connectivity index (χ4v) is 3.04. The Balaban J connectivity index is 1.63. The van der Waals surface area contributed by atoms with Gasteiger partial charge in [0.15, 0.2) is 5.82 Å². The van der Waals surface area contributed by atoms with E-state index >= 15 is 0 Å². The molecular formula is C17H18N4O2S. The molecular weight excluding hydrogens is 324 g/mol. The summed E-state index contributed by atoms with van der Waals surface area (Å²) in [6.45, 7) is 2.60. The van der Waals surface area contributed by atoms with Crippen LogP contribution in [-0.4, -0.2) is 27.3 Å². The maximum atomic E-state index is 12.0. The lowest BCUT2D eigenvalue weighted by Gasteiger charge is -2.03. The minimum Gasteiger partial charge on any atom is -0.494 e. The first-order chi connectivity index (χ1) is 11.6. The van der Waals surface area contributed by atoms with E-state index in [0.717, 1.165) is 22.0 Å². The van der Waals surface area contributed by atoms with Gasteiger partial charge in [-0.15, -0.1) is 11.3 Å². The highest BCUT2D eigenvalue weighted by Crippen LogP contribution is 2.26. The van der Waals surface area contributed by atoms with Gasteiger partial charge in [0.2, 0.25) is 5.91 Å². The summed E-state index contributed by atoms with van der Waals surface area (Å²) in [5.74, 6) is 1.26. The van der Waals surface area contributed by atoms with Gasteiger partial charge < -0.3 is 10.1 Å². The van der Waals surface area contributed by atoms with Crippen LogP contribution in [0, 0.1) is 0 Å². The second kappa shape index (κ2) is 7.27. The molecule has 3 rings (SSSR count). The average molecular weight is 342 g/mol. The van der Waals surface area contributed by atoms with Crippen molar-refractivity contribution in [2.75, 3.05) is 11.9 Å². The lowest BCUT2D eigenvalue weighted by molar-refractivity contribution is -0.115. The smallest absolute Gasteiger partial charge is 0.231 e. The van der Waals surface area contributed by atoms with Gasteiger partial charge in [-0.3, -0.25) is 9.48 Å². The van der Waals surface area contributed by atoms with E-state index in [9.17, 15) is 4.79 Å². The third-order valence-electron chi connectivity index (χ3n) is 3.29. The monoisotopic (exact) mass is 342 g/mol. The van der Waals surface area contributed by atoms with Gasteiger partial charge >= 0.3 is 0 Å². The van der Waals surface area contributed by atoms with E-state index in [1.54, 1.807) is 24.0 Å². The van der Waals surface area contributed by atoms with E-state index in [0.29, 0.717) is 12.4 Å². The Hall–Kier alpha value is -2.67. The van der Waals surface area contributed by atoms with Gasteiger partial charge in [-0.1, -0.05) is 0 Å². The van der Waals surface area contributed by atoms with Crippen molar-refractivity contribution in [3.63, 3.8) is 0 Å². The van der Waals surface area contributed by atoms with Crippen molar-refractivity contribution >= 4 is 23.1 Å². The number of thiazole rings is 1. The summed E-state index contributed by atoms with van der Waals surface area (Å²) in [5, 5.41) is 9.68. The molecule has 0 radical (unpaired) electrons. The topological polar surface area (TPSA) is 69.0 Å². The van der Waals surface area contributed by atoms with Crippen molar-refractivity contribution < 1.29 is 9.53 Å². The number of rotatable bonds is 6. The Kier molecular flexibility index (Phi) is 4.90. The first kappa shape index (κ1) is 16.2. The van der Waals surface area contributed by atoms with Crippen LogP contribution in [0.4, 0.5) is 5.82 Å². The van der Waals surface area contributed by atoms with Crippen LogP contribution >= 0.6 is 11.3 Å². The fraction of sp³-hybridized carbons (Fsp3) is 0.235. The number of ether oxygens (including phenoxy) is 1. The molecule has 3 aromatic rings. The molecule has 0 atom stereocenters. The molecule has 0 saturated heterocycles. The number of amides is 1. The molecule has 1 aromatic carbocycles. The average Bonchev–Trinajstić information content (AvgIpc) is 3.18. The van der Waals surface area contributed by atoms with E-state index in [2.05, 4.69) is 15.4 Å². The predicted molar refractivity (Wildman–Crippen MR) is 94.3 cm³/mol. The maximum Gasteiger partial charge on any atom is 0.231 e. The third kappa shape index (κ3) is 3.99. The van der Waals surface area contributed by atoms with E-state index in [1.165, 1.54) is 11.3 Å². The van der Waals surface area contributed by atoms with Crippen LogP contribution in [0.3, 0.4) is 0 Å². The third-order valence-corrected chi connectivity index (χ3v) is 4.23. The van der Waals surface area contributed by atoms with Gasteiger partial charge in [-0.2, -0.15) is 5.10 Å². The largest absolute Gasteiger partial charge is 0.494 e. The molecule has 1 N–H and O–H groups in total. The van der Waals surface area contributed by atoms with Crippen LogP contribution in [0.15, 0.2) is 41.9 Å². The van der Waals surface area contributed by atoms with Crippen LogP contribution in [0.25, 0.3) is 10.6 Å². The fourth-order valence-electron chi connectivity index (χ4n) is 2.21. The van der Waals surface area contributed by atoms with E-state index < -0.39 is 0 Å². The first-order valence-electron chi connectivity index (χ1n) is 7.61. The summed E-state index contributed by atoms with van der Waals surface area (Å²) >= 11 is 1.52. The maximum absolute atomic E-state index is 12.0. The van der Waals surface area contributed by atoms with E-state index in [1.807, 2.05) is 36.6 Å². The summed E-state index contributed by atoms with van der Waals surface area (Å²) in [5.41, 5.74) is 1.76. The van der Waals surface area contributed by atoms with Crippen LogP contribution in [0.2, 0.25) is 0 Å². The Morgan fingerprint density at radius 2 is 2.08 bits per heavy atom. The first-order valence-corrected chi connectivity index (χ1v) is 8.49. The summed E-state index contributed by atoms with van der Waals surface area (Å²) in [4.78, 5) is 16.6.